The number of para-hydroxylation sites is 1. The molecule has 1 atom stereocenters. The molecule has 2 heterocycles. The molecule has 0 spiro atoms. The molecule has 23 heavy (non-hydrogen) atoms. The molecular formula is C17H27ClN2O2S. The smallest absolute Gasteiger partial charge is 0.159 e. The van der Waals surface area contributed by atoms with Gasteiger partial charge in [-0.25, -0.2) is 8.42 Å². The third kappa shape index (κ3) is 4.40. The second-order valence-electron chi connectivity index (χ2n) is 6.70. The summed E-state index contributed by atoms with van der Waals surface area (Å²) in [5.74, 6) is 1.11. The summed E-state index contributed by atoms with van der Waals surface area (Å²) in [5, 5.41) is 2.84. The summed E-state index contributed by atoms with van der Waals surface area (Å²) >= 11 is 0. The average Bonchev–Trinajstić information content (AvgIpc) is 2.94. The van der Waals surface area contributed by atoms with Gasteiger partial charge in [0, 0.05) is 12.2 Å². The zero-order valence-electron chi connectivity index (χ0n) is 13.7. The average molecular weight is 359 g/mol. The van der Waals surface area contributed by atoms with Gasteiger partial charge in [0.2, 0.25) is 0 Å². The van der Waals surface area contributed by atoms with Crippen molar-refractivity contribution in [3.63, 3.8) is 0 Å². The highest BCUT2D eigenvalue weighted by Gasteiger charge is 2.32. The maximum Gasteiger partial charge on any atom is 0.159 e. The van der Waals surface area contributed by atoms with Crippen molar-refractivity contribution >= 4 is 27.9 Å². The van der Waals surface area contributed by atoms with Gasteiger partial charge in [-0.3, -0.25) is 0 Å². The Bertz CT molecular complexity index is 613. The molecule has 2 aliphatic rings. The van der Waals surface area contributed by atoms with E-state index in [-0.39, 0.29) is 17.7 Å². The van der Waals surface area contributed by atoms with E-state index in [1.165, 1.54) is 12.8 Å². The van der Waals surface area contributed by atoms with Crippen LogP contribution >= 0.6 is 12.4 Å². The third-order valence-corrected chi connectivity index (χ3v) is 7.14. The van der Waals surface area contributed by atoms with E-state index in [1.807, 2.05) is 24.3 Å². The SMILES string of the molecule is CC1CCN(CCCS(=O)(=O)C2CNc3ccccc32)CC1.Cl. The van der Waals surface area contributed by atoms with Gasteiger partial charge >= 0.3 is 0 Å². The van der Waals surface area contributed by atoms with Crippen LogP contribution in [-0.2, 0) is 9.84 Å². The summed E-state index contributed by atoms with van der Waals surface area (Å²) in [6, 6.07) is 7.75. The first-order chi connectivity index (χ1) is 10.6. The fourth-order valence-corrected chi connectivity index (χ4v) is 5.23. The molecule has 1 aromatic carbocycles. The van der Waals surface area contributed by atoms with Crippen LogP contribution in [-0.4, -0.2) is 45.2 Å². The maximum atomic E-state index is 12.6. The van der Waals surface area contributed by atoms with Crippen LogP contribution in [0.5, 0.6) is 0 Å². The first-order valence-corrected chi connectivity index (χ1v) is 10.0. The number of benzene rings is 1. The fourth-order valence-electron chi connectivity index (χ4n) is 3.49. The van der Waals surface area contributed by atoms with Gasteiger partial charge in [0.05, 0.1) is 5.75 Å². The topological polar surface area (TPSA) is 49.4 Å². The number of fused-ring (bicyclic) bond motifs is 1. The lowest BCUT2D eigenvalue weighted by molar-refractivity contribution is 0.193. The van der Waals surface area contributed by atoms with Crippen molar-refractivity contribution in [3.05, 3.63) is 29.8 Å². The van der Waals surface area contributed by atoms with Gasteiger partial charge in [0.1, 0.15) is 5.25 Å². The number of piperidine rings is 1. The molecule has 0 aliphatic carbocycles. The van der Waals surface area contributed by atoms with Gasteiger partial charge in [0.25, 0.3) is 0 Å². The monoisotopic (exact) mass is 358 g/mol. The Hall–Kier alpha value is -0.780. The molecule has 0 aromatic heterocycles. The number of nitrogens with zero attached hydrogens (tertiary/aromatic N) is 1. The van der Waals surface area contributed by atoms with Crippen LogP contribution in [0.15, 0.2) is 24.3 Å². The molecule has 0 bridgehead atoms. The van der Waals surface area contributed by atoms with Crippen molar-refractivity contribution in [1.82, 2.24) is 4.90 Å². The predicted octanol–water partition coefficient (Wildman–Crippen LogP) is 3.11. The van der Waals surface area contributed by atoms with E-state index in [0.717, 1.165) is 43.2 Å². The van der Waals surface area contributed by atoms with Crippen LogP contribution < -0.4 is 5.32 Å². The minimum absolute atomic E-state index is 0. The van der Waals surface area contributed by atoms with Gasteiger partial charge in [0.15, 0.2) is 9.84 Å². The standard InChI is InChI=1S/C17H26N2O2S.ClH/c1-14-7-10-19(11-8-14)9-4-12-22(20,21)17-13-18-16-6-3-2-5-15(16)17;/h2-3,5-6,14,17-18H,4,7-13H2,1H3;1H. The number of hydrogen-bond donors (Lipinski definition) is 1. The molecule has 1 unspecified atom stereocenters. The van der Waals surface area contributed by atoms with Crippen molar-refractivity contribution in [1.29, 1.82) is 0 Å². The largest absolute Gasteiger partial charge is 0.383 e. The molecule has 4 nitrogen and oxygen atoms in total. The lowest BCUT2D eigenvalue weighted by atomic mass is 9.99. The Morgan fingerprint density at radius 3 is 2.65 bits per heavy atom. The van der Waals surface area contributed by atoms with Crippen LogP contribution in [0.25, 0.3) is 0 Å². The normalized spacial score (nSPS) is 22.2. The summed E-state index contributed by atoms with van der Waals surface area (Å²) < 4.78 is 25.3. The van der Waals surface area contributed by atoms with Gasteiger partial charge in [-0.05, 0) is 56.4 Å². The van der Waals surface area contributed by atoms with Crippen LogP contribution in [0, 0.1) is 5.92 Å². The van der Waals surface area contributed by atoms with Crippen molar-refractivity contribution < 1.29 is 8.42 Å². The van der Waals surface area contributed by atoms with E-state index in [4.69, 9.17) is 0 Å². The Kier molecular flexibility index (Phi) is 6.34. The van der Waals surface area contributed by atoms with Crippen molar-refractivity contribution in [2.45, 2.75) is 31.4 Å². The van der Waals surface area contributed by atoms with E-state index in [2.05, 4.69) is 17.1 Å². The Morgan fingerprint density at radius 2 is 1.91 bits per heavy atom. The zero-order chi connectivity index (χ0) is 15.6. The molecule has 1 N–H and O–H groups in total. The maximum absolute atomic E-state index is 12.6. The predicted molar refractivity (Wildman–Crippen MR) is 98.2 cm³/mol. The summed E-state index contributed by atoms with van der Waals surface area (Å²) in [7, 11) is -3.07. The number of rotatable bonds is 5. The lowest BCUT2D eigenvalue weighted by Crippen LogP contribution is -2.34. The summed E-state index contributed by atoms with van der Waals surface area (Å²) in [6.07, 6.45) is 3.23. The zero-order valence-corrected chi connectivity index (χ0v) is 15.3. The second kappa shape index (κ2) is 7.86. The quantitative estimate of drug-likeness (QED) is 0.878. The third-order valence-electron chi connectivity index (χ3n) is 5.00. The Balaban J connectivity index is 0.00000192. The van der Waals surface area contributed by atoms with Gasteiger partial charge in [-0.2, -0.15) is 0 Å². The van der Waals surface area contributed by atoms with Gasteiger partial charge in [-0.1, -0.05) is 25.1 Å². The number of hydrogen-bond acceptors (Lipinski definition) is 4. The molecule has 0 amide bonds. The molecule has 3 rings (SSSR count). The van der Waals surface area contributed by atoms with E-state index in [1.54, 1.807) is 0 Å². The number of likely N-dealkylation sites (tertiary alicyclic amines) is 1. The summed E-state index contributed by atoms with van der Waals surface area (Å²) in [5.41, 5.74) is 1.91. The van der Waals surface area contributed by atoms with Crippen LogP contribution in [0.2, 0.25) is 0 Å². The minimum atomic E-state index is -3.07. The second-order valence-corrected chi connectivity index (χ2v) is 9.00. The highest BCUT2D eigenvalue weighted by atomic mass is 35.5. The van der Waals surface area contributed by atoms with Crippen LogP contribution in [0.4, 0.5) is 5.69 Å². The highest BCUT2D eigenvalue weighted by Crippen LogP contribution is 2.35. The Morgan fingerprint density at radius 1 is 1.22 bits per heavy atom. The molecule has 1 aromatic rings. The number of halogens is 1. The molecule has 0 radical (unpaired) electrons. The Labute approximate surface area is 146 Å². The van der Waals surface area contributed by atoms with Crippen LogP contribution in [0.3, 0.4) is 0 Å². The molecule has 1 fully saturated rings. The number of anilines is 1. The highest BCUT2D eigenvalue weighted by molar-refractivity contribution is 7.91. The van der Waals surface area contributed by atoms with E-state index >= 15 is 0 Å². The molecule has 0 saturated carbocycles. The molecular weight excluding hydrogens is 332 g/mol. The fraction of sp³-hybridized carbons (Fsp3) is 0.647. The van der Waals surface area contributed by atoms with E-state index in [0.29, 0.717) is 12.3 Å². The van der Waals surface area contributed by atoms with Crippen molar-refractivity contribution in [2.24, 2.45) is 5.92 Å². The first-order valence-electron chi connectivity index (χ1n) is 8.33. The van der Waals surface area contributed by atoms with Gasteiger partial charge in [-0.15, -0.1) is 12.4 Å². The molecule has 130 valence electrons. The number of sulfone groups is 1. The molecule has 1 saturated heterocycles. The minimum Gasteiger partial charge on any atom is -0.383 e. The van der Waals surface area contributed by atoms with Gasteiger partial charge < -0.3 is 10.2 Å². The summed E-state index contributed by atoms with van der Waals surface area (Å²) in [4.78, 5) is 2.41. The van der Waals surface area contributed by atoms with Crippen LogP contribution in [0.1, 0.15) is 37.0 Å². The van der Waals surface area contributed by atoms with E-state index < -0.39 is 9.84 Å². The van der Waals surface area contributed by atoms with Crippen molar-refractivity contribution in [2.75, 3.05) is 37.2 Å². The number of nitrogens with one attached hydrogen (secondary N) is 1. The molecule has 2 aliphatic heterocycles. The van der Waals surface area contributed by atoms with E-state index in [9.17, 15) is 8.42 Å². The molecule has 6 heteroatoms. The lowest BCUT2D eigenvalue weighted by Gasteiger charge is -2.30. The van der Waals surface area contributed by atoms with Crippen molar-refractivity contribution in [3.8, 4) is 0 Å². The summed E-state index contributed by atoms with van der Waals surface area (Å²) in [6.45, 7) is 5.97. The first kappa shape index (κ1) is 18.6.